The maximum absolute atomic E-state index is 11.2. The molecule has 1 fully saturated rings. The molecule has 2 heteroatoms. The topological polar surface area (TPSA) is 34.1 Å². The van der Waals surface area contributed by atoms with Crippen LogP contribution in [0.3, 0.4) is 0 Å². The van der Waals surface area contributed by atoms with Gasteiger partial charge in [-0.3, -0.25) is 4.79 Å². The van der Waals surface area contributed by atoms with Gasteiger partial charge in [0, 0.05) is 19.3 Å². The van der Waals surface area contributed by atoms with Gasteiger partial charge in [-0.25, -0.2) is 0 Å². The molecule has 2 nitrogen and oxygen atoms in total. The highest BCUT2D eigenvalue weighted by atomic mass is 16.1. The average Bonchev–Trinajstić information content (AvgIpc) is 2.44. The highest BCUT2D eigenvalue weighted by molar-refractivity contribution is 5.81. The first-order chi connectivity index (χ1) is 6.27. The van der Waals surface area contributed by atoms with Gasteiger partial charge in [-0.05, 0) is 25.2 Å². The third-order valence-corrected chi connectivity index (χ3v) is 2.72. The lowest BCUT2D eigenvalue weighted by Crippen LogP contribution is -2.07. The van der Waals surface area contributed by atoms with Crippen LogP contribution >= 0.6 is 0 Å². The van der Waals surface area contributed by atoms with Crippen LogP contribution in [0, 0.1) is 11.8 Å². The molecule has 72 valence electrons. The zero-order chi connectivity index (χ0) is 9.68. The molecule has 0 aromatic heterocycles. The molecule has 13 heavy (non-hydrogen) atoms. The maximum atomic E-state index is 11.2. The number of allylic oxidation sites excluding steroid dienone is 2. The number of carbonyl (C=O) groups is 2. The lowest BCUT2D eigenvalue weighted by molar-refractivity contribution is -0.117. The first-order valence-corrected chi connectivity index (χ1v) is 4.84. The van der Waals surface area contributed by atoms with E-state index in [4.69, 9.17) is 0 Å². The van der Waals surface area contributed by atoms with Crippen molar-refractivity contribution in [3.8, 4) is 0 Å². The Morgan fingerprint density at radius 3 is 2.46 bits per heavy atom. The summed E-state index contributed by atoms with van der Waals surface area (Å²) in [5, 5.41) is 0. The van der Waals surface area contributed by atoms with E-state index in [9.17, 15) is 9.59 Å². The van der Waals surface area contributed by atoms with Crippen LogP contribution in [0.4, 0.5) is 0 Å². The van der Waals surface area contributed by atoms with E-state index < -0.39 is 0 Å². The Balaban J connectivity index is 2.49. The first-order valence-electron chi connectivity index (χ1n) is 4.84. The molecule has 2 unspecified atom stereocenters. The molecule has 0 aromatic rings. The molecule has 0 saturated heterocycles. The molecule has 2 atom stereocenters. The number of hydrogen-bond donors (Lipinski definition) is 0. The number of carbonyl (C=O) groups excluding carboxylic acids is 2. The van der Waals surface area contributed by atoms with Gasteiger partial charge in [0.25, 0.3) is 0 Å². The summed E-state index contributed by atoms with van der Waals surface area (Å²) in [5.74, 6) is 1.04. The lowest BCUT2D eigenvalue weighted by atomic mass is 9.91. The van der Waals surface area contributed by atoms with Crippen LogP contribution in [0.25, 0.3) is 0 Å². The molecule has 0 aromatic carbocycles. The molecule has 0 N–H and O–H groups in total. The summed E-state index contributed by atoms with van der Waals surface area (Å²) >= 11 is 0. The quantitative estimate of drug-likeness (QED) is 0.490. The van der Waals surface area contributed by atoms with E-state index in [2.05, 4.69) is 6.08 Å². The van der Waals surface area contributed by atoms with E-state index in [1.807, 2.05) is 13.0 Å². The van der Waals surface area contributed by atoms with E-state index in [0.29, 0.717) is 36.9 Å². The summed E-state index contributed by atoms with van der Waals surface area (Å²) in [7, 11) is 0. The third kappa shape index (κ3) is 2.79. The van der Waals surface area contributed by atoms with Crippen molar-refractivity contribution < 1.29 is 9.59 Å². The second-order valence-corrected chi connectivity index (χ2v) is 3.67. The number of ketones is 1. The Hall–Kier alpha value is -0.920. The molecular formula is C11H16O2. The van der Waals surface area contributed by atoms with E-state index in [0.717, 1.165) is 12.7 Å². The molecule has 0 radical (unpaired) electrons. The van der Waals surface area contributed by atoms with Crippen LogP contribution in [0.5, 0.6) is 0 Å². The van der Waals surface area contributed by atoms with Crippen LogP contribution in [0.1, 0.15) is 32.6 Å². The first kappa shape index (κ1) is 10.2. The predicted octanol–water partition coefficient (Wildman–Crippen LogP) is 2.14. The Kier molecular flexibility index (Phi) is 3.87. The largest absolute Gasteiger partial charge is 0.303 e. The van der Waals surface area contributed by atoms with E-state index >= 15 is 0 Å². The van der Waals surface area contributed by atoms with Gasteiger partial charge in [0.05, 0.1) is 0 Å². The van der Waals surface area contributed by atoms with Crippen LogP contribution in [-0.4, -0.2) is 12.1 Å². The Labute approximate surface area is 79.0 Å². The van der Waals surface area contributed by atoms with E-state index in [1.54, 1.807) is 0 Å². The van der Waals surface area contributed by atoms with E-state index in [-0.39, 0.29) is 0 Å². The van der Waals surface area contributed by atoms with E-state index in [1.165, 1.54) is 0 Å². The molecule has 1 aliphatic rings. The molecular weight excluding hydrogens is 164 g/mol. The summed E-state index contributed by atoms with van der Waals surface area (Å²) in [5.41, 5.74) is 0. The third-order valence-electron chi connectivity index (χ3n) is 2.72. The highest BCUT2D eigenvalue weighted by Gasteiger charge is 2.31. The number of hydrogen-bond acceptors (Lipinski definition) is 2. The predicted molar refractivity (Wildman–Crippen MR) is 51.3 cm³/mol. The van der Waals surface area contributed by atoms with Crippen molar-refractivity contribution in [2.24, 2.45) is 11.8 Å². The van der Waals surface area contributed by atoms with Gasteiger partial charge >= 0.3 is 0 Å². The number of rotatable bonds is 4. The summed E-state index contributed by atoms with van der Waals surface area (Å²) < 4.78 is 0. The minimum Gasteiger partial charge on any atom is -0.303 e. The second kappa shape index (κ2) is 4.95. The van der Waals surface area contributed by atoms with Gasteiger partial charge in [-0.2, -0.15) is 0 Å². The monoisotopic (exact) mass is 180 g/mol. The zero-order valence-electron chi connectivity index (χ0n) is 8.03. The Bertz CT molecular complexity index is 218. The minimum atomic E-state index is 0.307. The average molecular weight is 180 g/mol. The Morgan fingerprint density at radius 2 is 1.92 bits per heavy atom. The van der Waals surface area contributed by atoms with Gasteiger partial charge in [-0.1, -0.05) is 12.2 Å². The standard InChI is InChI=1S/C11H16O2/c1-2-3-4-9-7-11(13)8-10(9)5-6-12/h2-3,6,9-10H,4-5,7-8H2,1H3/b3-2-. The zero-order valence-corrected chi connectivity index (χ0v) is 8.03. The van der Waals surface area contributed by atoms with Gasteiger partial charge in [0.1, 0.15) is 12.1 Å². The fraction of sp³-hybridized carbons (Fsp3) is 0.636. The molecule has 0 heterocycles. The van der Waals surface area contributed by atoms with Crippen LogP contribution < -0.4 is 0 Å². The molecule has 0 amide bonds. The normalized spacial score (nSPS) is 28.5. The molecule has 0 spiro atoms. The minimum absolute atomic E-state index is 0.307. The molecule has 1 saturated carbocycles. The number of aldehydes is 1. The van der Waals surface area contributed by atoms with Crippen molar-refractivity contribution in [3.63, 3.8) is 0 Å². The molecule has 1 rings (SSSR count). The van der Waals surface area contributed by atoms with Crippen LogP contribution in [0.2, 0.25) is 0 Å². The second-order valence-electron chi connectivity index (χ2n) is 3.67. The van der Waals surface area contributed by atoms with Crippen molar-refractivity contribution in [3.05, 3.63) is 12.2 Å². The smallest absolute Gasteiger partial charge is 0.133 e. The van der Waals surface area contributed by atoms with Crippen molar-refractivity contribution in [1.29, 1.82) is 0 Å². The van der Waals surface area contributed by atoms with Crippen molar-refractivity contribution in [2.45, 2.75) is 32.6 Å². The summed E-state index contributed by atoms with van der Waals surface area (Å²) in [6.07, 6.45) is 7.80. The van der Waals surface area contributed by atoms with Gasteiger partial charge in [0.15, 0.2) is 0 Å². The van der Waals surface area contributed by atoms with Crippen LogP contribution in [0.15, 0.2) is 12.2 Å². The maximum Gasteiger partial charge on any atom is 0.133 e. The summed E-state index contributed by atoms with van der Waals surface area (Å²) in [6, 6.07) is 0. The van der Waals surface area contributed by atoms with Crippen molar-refractivity contribution in [1.82, 2.24) is 0 Å². The lowest BCUT2D eigenvalue weighted by Gasteiger charge is -2.13. The number of Topliss-reactive ketones (excluding diaryl/α,β-unsaturated/α-hetero) is 1. The summed E-state index contributed by atoms with van der Waals surface area (Å²) in [4.78, 5) is 21.5. The fourth-order valence-corrected chi connectivity index (χ4v) is 1.99. The van der Waals surface area contributed by atoms with Gasteiger partial charge in [0.2, 0.25) is 0 Å². The van der Waals surface area contributed by atoms with Gasteiger partial charge in [-0.15, -0.1) is 0 Å². The SMILES string of the molecule is C/C=C\CC1CC(=O)CC1CC=O. The molecule has 0 bridgehead atoms. The fourth-order valence-electron chi connectivity index (χ4n) is 1.99. The molecule has 1 aliphatic carbocycles. The summed E-state index contributed by atoms with van der Waals surface area (Å²) in [6.45, 7) is 1.98. The van der Waals surface area contributed by atoms with Gasteiger partial charge < -0.3 is 4.79 Å². The van der Waals surface area contributed by atoms with Crippen molar-refractivity contribution >= 4 is 12.1 Å². The van der Waals surface area contributed by atoms with Crippen LogP contribution in [-0.2, 0) is 9.59 Å². The Morgan fingerprint density at radius 1 is 1.31 bits per heavy atom. The van der Waals surface area contributed by atoms with Crippen molar-refractivity contribution in [2.75, 3.05) is 0 Å². The highest BCUT2D eigenvalue weighted by Crippen LogP contribution is 2.33. The molecule has 0 aliphatic heterocycles.